The van der Waals surface area contributed by atoms with Crippen molar-refractivity contribution in [2.45, 2.75) is 77.7 Å². The molecule has 0 aromatic heterocycles. The fourth-order valence-electron chi connectivity index (χ4n) is 3.14. The van der Waals surface area contributed by atoms with Gasteiger partial charge in [-0.05, 0) is 59.0 Å². The molecule has 2 rings (SSSR count). The Bertz CT molecular complexity index is 470. The quantitative estimate of drug-likeness (QED) is 0.741. The monoisotopic (exact) mass is 325 g/mol. The topological polar surface area (TPSA) is 32.3 Å². The molecule has 0 spiro atoms. The van der Waals surface area contributed by atoms with Crippen LogP contribution in [0.4, 0.5) is 0 Å². The van der Waals surface area contributed by atoms with Crippen LogP contribution in [-0.4, -0.2) is 11.7 Å². The van der Waals surface area contributed by atoms with Crippen LogP contribution in [0, 0.1) is 0 Å². The van der Waals surface area contributed by atoms with Crippen LogP contribution in [0.5, 0.6) is 5.75 Å². The number of piperidine rings is 1. The minimum atomic E-state index is -0.0469. The van der Waals surface area contributed by atoms with Gasteiger partial charge in [-0.15, -0.1) is 12.4 Å². The Morgan fingerprint density at radius 2 is 1.45 bits per heavy atom. The molecule has 126 valence electrons. The maximum atomic E-state index is 10.8. The van der Waals surface area contributed by atoms with Crippen LogP contribution < -0.4 is 5.32 Å². The lowest BCUT2D eigenvalue weighted by molar-refractivity contribution is 0.402. The lowest BCUT2D eigenvalue weighted by Crippen LogP contribution is -2.28. The highest BCUT2D eigenvalue weighted by Gasteiger charge is 2.28. The molecule has 1 fully saturated rings. The fraction of sp³-hybridized carbons (Fsp3) is 0.684. The van der Waals surface area contributed by atoms with E-state index in [1.807, 2.05) is 0 Å². The van der Waals surface area contributed by atoms with E-state index < -0.39 is 0 Å². The van der Waals surface area contributed by atoms with Crippen LogP contribution in [0.2, 0.25) is 0 Å². The summed E-state index contributed by atoms with van der Waals surface area (Å²) in [6.45, 7) is 14.1. The van der Waals surface area contributed by atoms with Gasteiger partial charge in [0.1, 0.15) is 5.75 Å². The number of hydrogen-bond acceptors (Lipinski definition) is 2. The number of halogens is 1. The molecule has 0 amide bonds. The van der Waals surface area contributed by atoms with Gasteiger partial charge in [-0.1, -0.05) is 48.0 Å². The van der Waals surface area contributed by atoms with E-state index >= 15 is 0 Å². The summed E-state index contributed by atoms with van der Waals surface area (Å²) in [5.74, 6) is 0.481. The van der Waals surface area contributed by atoms with Gasteiger partial charge in [0.05, 0.1) is 0 Å². The average Bonchev–Trinajstić information content (AvgIpc) is 2.37. The Kier molecular flexibility index (Phi) is 5.97. The van der Waals surface area contributed by atoms with Gasteiger partial charge in [0.15, 0.2) is 0 Å². The van der Waals surface area contributed by atoms with Gasteiger partial charge in [0.25, 0.3) is 0 Å². The van der Waals surface area contributed by atoms with Crippen LogP contribution in [-0.2, 0) is 10.8 Å². The van der Waals surface area contributed by atoms with Crippen LogP contribution in [0.3, 0.4) is 0 Å². The number of phenols is 1. The summed E-state index contributed by atoms with van der Waals surface area (Å²) in [6, 6.07) is 4.86. The smallest absolute Gasteiger partial charge is 0.123 e. The second-order valence-electron chi connectivity index (χ2n) is 8.47. The molecule has 3 heteroatoms. The molecule has 1 aromatic rings. The van der Waals surface area contributed by atoms with Crippen LogP contribution in [0.1, 0.15) is 83.5 Å². The maximum absolute atomic E-state index is 10.8. The third-order valence-corrected chi connectivity index (χ3v) is 4.46. The highest BCUT2D eigenvalue weighted by molar-refractivity contribution is 5.85. The van der Waals surface area contributed by atoms with Gasteiger partial charge in [-0.2, -0.15) is 0 Å². The summed E-state index contributed by atoms with van der Waals surface area (Å²) in [5, 5.41) is 14.4. The SMILES string of the molecule is CC(C)(C)c1cc([C@@H]2CCCCN2)cc(C(C)(C)C)c1O.Cl. The zero-order chi connectivity index (χ0) is 15.8. The fourth-order valence-corrected chi connectivity index (χ4v) is 3.14. The van der Waals surface area contributed by atoms with E-state index in [1.54, 1.807) is 0 Å². The van der Waals surface area contributed by atoms with Crippen molar-refractivity contribution in [1.82, 2.24) is 5.32 Å². The van der Waals surface area contributed by atoms with Crippen molar-refractivity contribution in [2.75, 3.05) is 6.54 Å². The van der Waals surface area contributed by atoms with Crippen molar-refractivity contribution in [3.05, 3.63) is 28.8 Å². The molecular formula is C19H32ClNO. The zero-order valence-electron chi connectivity index (χ0n) is 14.9. The van der Waals surface area contributed by atoms with Gasteiger partial charge in [-0.3, -0.25) is 0 Å². The van der Waals surface area contributed by atoms with E-state index in [2.05, 4.69) is 59.0 Å². The summed E-state index contributed by atoms with van der Waals surface area (Å²) >= 11 is 0. The minimum Gasteiger partial charge on any atom is -0.507 e. The highest BCUT2D eigenvalue weighted by Crippen LogP contribution is 2.41. The van der Waals surface area contributed by atoms with Gasteiger partial charge < -0.3 is 10.4 Å². The maximum Gasteiger partial charge on any atom is 0.123 e. The minimum absolute atomic E-state index is 0. The molecule has 1 aliphatic heterocycles. The summed E-state index contributed by atoms with van der Waals surface area (Å²) in [4.78, 5) is 0. The molecule has 1 saturated heterocycles. The summed E-state index contributed by atoms with van der Waals surface area (Å²) < 4.78 is 0. The Hall–Kier alpha value is -0.730. The summed E-state index contributed by atoms with van der Waals surface area (Å²) in [6.07, 6.45) is 3.75. The van der Waals surface area contributed by atoms with Crippen molar-refractivity contribution >= 4 is 12.4 Å². The van der Waals surface area contributed by atoms with Crippen LogP contribution in [0.15, 0.2) is 12.1 Å². The van der Waals surface area contributed by atoms with E-state index in [1.165, 1.54) is 24.8 Å². The van der Waals surface area contributed by atoms with E-state index in [-0.39, 0.29) is 23.2 Å². The molecular weight excluding hydrogens is 294 g/mol. The zero-order valence-corrected chi connectivity index (χ0v) is 15.7. The second-order valence-corrected chi connectivity index (χ2v) is 8.47. The predicted octanol–water partition coefficient (Wildman–Crippen LogP) is 5.22. The van der Waals surface area contributed by atoms with Gasteiger partial charge in [-0.25, -0.2) is 0 Å². The molecule has 0 unspecified atom stereocenters. The lowest BCUT2D eigenvalue weighted by Gasteiger charge is -2.31. The van der Waals surface area contributed by atoms with Crippen molar-refractivity contribution < 1.29 is 5.11 Å². The lowest BCUT2D eigenvalue weighted by atomic mass is 9.77. The van der Waals surface area contributed by atoms with E-state index in [0.717, 1.165) is 17.7 Å². The average molecular weight is 326 g/mol. The first-order valence-corrected chi connectivity index (χ1v) is 8.22. The second kappa shape index (κ2) is 6.80. The van der Waals surface area contributed by atoms with Crippen molar-refractivity contribution in [1.29, 1.82) is 0 Å². The first-order valence-electron chi connectivity index (χ1n) is 8.22. The van der Waals surface area contributed by atoms with E-state index in [4.69, 9.17) is 0 Å². The highest BCUT2D eigenvalue weighted by atomic mass is 35.5. The summed E-state index contributed by atoms with van der Waals surface area (Å²) in [7, 11) is 0. The van der Waals surface area contributed by atoms with Crippen molar-refractivity contribution in [3.63, 3.8) is 0 Å². The van der Waals surface area contributed by atoms with Crippen molar-refractivity contribution in [2.24, 2.45) is 0 Å². The number of aromatic hydroxyl groups is 1. The molecule has 0 radical (unpaired) electrons. The van der Waals surface area contributed by atoms with E-state index in [0.29, 0.717) is 11.8 Å². The van der Waals surface area contributed by atoms with Crippen molar-refractivity contribution in [3.8, 4) is 5.75 Å². The van der Waals surface area contributed by atoms with Gasteiger partial charge in [0.2, 0.25) is 0 Å². The first-order chi connectivity index (χ1) is 9.60. The molecule has 1 heterocycles. The molecule has 2 N–H and O–H groups in total. The molecule has 2 nitrogen and oxygen atoms in total. The van der Waals surface area contributed by atoms with Gasteiger partial charge in [0, 0.05) is 6.04 Å². The molecule has 0 aliphatic carbocycles. The largest absolute Gasteiger partial charge is 0.507 e. The van der Waals surface area contributed by atoms with Crippen LogP contribution in [0.25, 0.3) is 0 Å². The molecule has 22 heavy (non-hydrogen) atoms. The van der Waals surface area contributed by atoms with E-state index in [9.17, 15) is 5.11 Å². The third kappa shape index (κ3) is 4.17. The predicted molar refractivity (Wildman–Crippen MR) is 97.3 cm³/mol. The summed E-state index contributed by atoms with van der Waals surface area (Å²) in [5.41, 5.74) is 3.38. The Morgan fingerprint density at radius 3 is 1.82 bits per heavy atom. The molecule has 0 saturated carbocycles. The molecule has 1 aliphatic rings. The number of benzene rings is 1. The standard InChI is InChI=1S/C19H31NO.ClH/c1-18(2,3)14-11-13(16-9-7-8-10-20-16)12-15(17(14)21)19(4,5)6;/h11-12,16,20-21H,7-10H2,1-6H3;1H/t16-;/m0./s1. The number of nitrogens with one attached hydrogen (secondary N) is 1. The third-order valence-electron chi connectivity index (χ3n) is 4.46. The molecule has 1 atom stereocenters. The van der Waals surface area contributed by atoms with Gasteiger partial charge >= 0.3 is 0 Å². The Labute approximate surface area is 142 Å². The Balaban J connectivity index is 0.00000242. The number of phenolic OH excluding ortho intramolecular Hbond substituents is 1. The normalized spacial score (nSPS) is 19.6. The molecule has 1 aromatic carbocycles. The number of hydrogen-bond donors (Lipinski definition) is 2. The Morgan fingerprint density at radius 1 is 0.955 bits per heavy atom. The van der Waals surface area contributed by atoms with Crippen LogP contribution >= 0.6 is 12.4 Å². The molecule has 0 bridgehead atoms. The first kappa shape index (κ1) is 19.3. The number of rotatable bonds is 1.